The monoisotopic (exact) mass is 225 g/mol. The highest BCUT2D eigenvalue weighted by Crippen LogP contribution is 2.21. The van der Waals surface area contributed by atoms with Gasteiger partial charge >= 0.3 is 0 Å². The molecular formula is C13H27N3. The quantitative estimate of drug-likeness (QED) is 0.779. The standard InChI is InChI=1S/C13H27N3/c1-12(5-6-14)10-15-7-3-9-16-8-2-4-13(16)11-15/h12-13H,2-11,14H2,1H3. The molecule has 2 rings (SSSR count). The summed E-state index contributed by atoms with van der Waals surface area (Å²) in [5, 5.41) is 0. The van der Waals surface area contributed by atoms with Crippen molar-refractivity contribution in [3.05, 3.63) is 0 Å². The van der Waals surface area contributed by atoms with E-state index in [0.29, 0.717) is 0 Å². The smallest absolute Gasteiger partial charge is 0.0223 e. The fourth-order valence-electron chi connectivity index (χ4n) is 3.27. The Morgan fingerprint density at radius 3 is 2.88 bits per heavy atom. The lowest BCUT2D eigenvalue weighted by atomic mass is 10.1. The number of nitrogens with zero attached hydrogens (tertiary/aromatic N) is 2. The molecule has 0 bridgehead atoms. The molecule has 2 N–H and O–H groups in total. The third-order valence-corrected chi connectivity index (χ3v) is 4.12. The van der Waals surface area contributed by atoms with Crippen molar-refractivity contribution in [2.75, 3.05) is 39.3 Å². The minimum Gasteiger partial charge on any atom is -0.330 e. The molecule has 0 aromatic carbocycles. The first-order chi connectivity index (χ1) is 7.79. The van der Waals surface area contributed by atoms with Crippen molar-refractivity contribution < 1.29 is 0 Å². The Morgan fingerprint density at radius 1 is 1.25 bits per heavy atom. The predicted molar refractivity (Wildman–Crippen MR) is 68.5 cm³/mol. The predicted octanol–water partition coefficient (Wildman–Crippen LogP) is 1.14. The fraction of sp³-hybridized carbons (Fsp3) is 1.00. The lowest BCUT2D eigenvalue weighted by molar-refractivity contribution is 0.200. The van der Waals surface area contributed by atoms with E-state index in [-0.39, 0.29) is 0 Å². The molecule has 2 aliphatic rings. The molecule has 16 heavy (non-hydrogen) atoms. The van der Waals surface area contributed by atoms with Crippen LogP contribution >= 0.6 is 0 Å². The molecule has 2 heterocycles. The largest absolute Gasteiger partial charge is 0.330 e. The van der Waals surface area contributed by atoms with Crippen molar-refractivity contribution in [1.29, 1.82) is 0 Å². The van der Waals surface area contributed by atoms with Crippen molar-refractivity contribution >= 4 is 0 Å². The van der Waals surface area contributed by atoms with Gasteiger partial charge in [-0.15, -0.1) is 0 Å². The SMILES string of the molecule is CC(CCN)CN1CCCN2CCCC2C1. The molecule has 0 saturated carbocycles. The van der Waals surface area contributed by atoms with Crippen LogP contribution in [0.15, 0.2) is 0 Å². The van der Waals surface area contributed by atoms with E-state index in [1.54, 1.807) is 0 Å². The topological polar surface area (TPSA) is 32.5 Å². The van der Waals surface area contributed by atoms with Crippen LogP contribution in [0.5, 0.6) is 0 Å². The summed E-state index contributed by atoms with van der Waals surface area (Å²) < 4.78 is 0. The number of fused-ring (bicyclic) bond motifs is 1. The van der Waals surface area contributed by atoms with Crippen molar-refractivity contribution in [2.45, 2.75) is 38.6 Å². The van der Waals surface area contributed by atoms with Crippen LogP contribution in [0.4, 0.5) is 0 Å². The molecule has 0 spiro atoms. The van der Waals surface area contributed by atoms with Gasteiger partial charge in [0, 0.05) is 19.1 Å². The zero-order valence-electron chi connectivity index (χ0n) is 10.7. The van der Waals surface area contributed by atoms with E-state index < -0.39 is 0 Å². The molecule has 0 aliphatic carbocycles. The van der Waals surface area contributed by atoms with Crippen molar-refractivity contribution in [3.63, 3.8) is 0 Å². The summed E-state index contributed by atoms with van der Waals surface area (Å²) >= 11 is 0. The third kappa shape index (κ3) is 3.19. The Labute approximate surface area is 100.0 Å². The van der Waals surface area contributed by atoms with Crippen LogP contribution in [-0.4, -0.2) is 55.1 Å². The summed E-state index contributed by atoms with van der Waals surface area (Å²) in [7, 11) is 0. The van der Waals surface area contributed by atoms with Gasteiger partial charge in [0.2, 0.25) is 0 Å². The number of hydrogen-bond donors (Lipinski definition) is 1. The van der Waals surface area contributed by atoms with Crippen LogP contribution in [0.3, 0.4) is 0 Å². The van der Waals surface area contributed by atoms with Gasteiger partial charge in [-0.3, -0.25) is 4.90 Å². The van der Waals surface area contributed by atoms with Gasteiger partial charge in [-0.25, -0.2) is 0 Å². The van der Waals surface area contributed by atoms with Gasteiger partial charge in [-0.05, 0) is 57.8 Å². The Bertz CT molecular complexity index is 207. The Hall–Kier alpha value is -0.120. The fourth-order valence-corrected chi connectivity index (χ4v) is 3.27. The van der Waals surface area contributed by atoms with Gasteiger partial charge in [0.25, 0.3) is 0 Å². The zero-order chi connectivity index (χ0) is 11.4. The average molecular weight is 225 g/mol. The van der Waals surface area contributed by atoms with Gasteiger partial charge in [0.1, 0.15) is 0 Å². The molecule has 0 aromatic heterocycles. The lowest BCUT2D eigenvalue weighted by Crippen LogP contribution is -2.38. The average Bonchev–Trinajstić information content (AvgIpc) is 2.58. The molecule has 3 heteroatoms. The summed E-state index contributed by atoms with van der Waals surface area (Å²) in [6.45, 7) is 9.69. The van der Waals surface area contributed by atoms with E-state index >= 15 is 0 Å². The Morgan fingerprint density at radius 2 is 2.06 bits per heavy atom. The first-order valence-corrected chi connectivity index (χ1v) is 6.96. The van der Waals surface area contributed by atoms with Crippen LogP contribution in [0.2, 0.25) is 0 Å². The molecule has 2 unspecified atom stereocenters. The summed E-state index contributed by atoms with van der Waals surface area (Å²) in [5.41, 5.74) is 5.62. The first-order valence-electron chi connectivity index (χ1n) is 6.96. The molecular weight excluding hydrogens is 198 g/mol. The van der Waals surface area contributed by atoms with Gasteiger partial charge < -0.3 is 10.6 Å². The molecule has 0 radical (unpaired) electrons. The summed E-state index contributed by atoms with van der Waals surface area (Å²) in [4.78, 5) is 5.38. The van der Waals surface area contributed by atoms with Gasteiger partial charge in [-0.2, -0.15) is 0 Å². The number of hydrogen-bond acceptors (Lipinski definition) is 3. The molecule has 3 nitrogen and oxygen atoms in total. The maximum absolute atomic E-state index is 5.62. The van der Waals surface area contributed by atoms with Gasteiger partial charge in [0.15, 0.2) is 0 Å². The van der Waals surface area contributed by atoms with E-state index in [4.69, 9.17) is 5.73 Å². The van der Waals surface area contributed by atoms with E-state index in [1.807, 2.05) is 0 Å². The highest BCUT2D eigenvalue weighted by molar-refractivity contribution is 4.85. The molecule has 0 aromatic rings. The molecule has 2 fully saturated rings. The van der Waals surface area contributed by atoms with Crippen LogP contribution in [0.25, 0.3) is 0 Å². The van der Waals surface area contributed by atoms with Gasteiger partial charge in [-0.1, -0.05) is 6.92 Å². The van der Waals surface area contributed by atoms with Gasteiger partial charge in [0.05, 0.1) is 0 Å². The van der Waals surface area contributed by atoms with Crippen LogP contribution in [0.1, 0.15) is 32.6 Å². The summed E-state index contributed by atoms with van der Waals surface area (Å²) in [6.07, 6.45) is 5.36. The minimum atomic E-state index is 0.762. The van der Waals surface area contributed by atoms with Crippen LogP contribution in [0, 0.1) is 5.92 Å². The summed E-state index contributed by atoms with van der Waals surface area (Å²) in [6, 6.07) is 0.854. The second-order valence-corrected chi connectivity index (χ2v) is 5.63. The van der Waals surface area contributed by atoms with E-state index in [0.717, 1.165) is 18.5 Å². The normalized spacial score (nSPS) is 30.0. The third-order valence-electron chi connectivity index (χ3n) is 4.12. The second-order valence-electron chi connectivity index (χ2n) is 5.63. The highest BCUT2D eigenvalue weighted by atomic mass is 15.3. The van der Waals surface area contributed by atoms with Crippen LogP contribution in [-0.2, 0) is 0 Å². The molecule has 2 atom stereocenters. The highest BCUT2D eigenvalue weighted by Gasteiger charge is 2.28. The van der Waals surface area contributed by atoms with E-state index in [2.05, 4.69) is 16.7 Å². The Kier molecular flexibility index (Phi) is 4.62. The second kappa shape index (κ2) is 5.99. The maximum Gasteiger partial charge on any atom is 0.0223 e. The van der Waals surface area contributed by atoms with E-state index in [1.165, 1.54) is 58.4 Å². The van der Waals surface area contributed by atoms with E-state index in [9.17, 15) is 0 Å². The molecule has 2 saturated heterocycles. The van der Waals surface area contributed by atoms with Crippen molar-refractivity contribution in [3.8, 4) is 0 Å². The zero-order valence-corrected chi connectivity index (χ0v) is 10.7. The molecule has 0 amide bonds. The number of nitrogens with two attached hydrogens (primary N) is 1. The van der Waals surface area contributed by atoms with Crippen molar-refractivity contribution in [2.24, 2.45) is 11.7 Å². The summed E-state index contributed by atoms with van der Waals surface area (Å²) in [5.74, 6) is 0.762. The Balaban J connectivity index is 1.81. The lowest BCUT2D eigenvalue weighted by Gasteiger charge is -2.27. The maximum atomic E-state index is 5.62. The molecule has 94 valence electrons. The van der Waals surface area contributed by atoms with Crippen molar-refractivity contribution in [1.82, 2.24) is 9.80 Å². The first kappa shape index (κ1) is 12.3. The molecule has 2 aliphatic heterocycles. The van der Waals surface area contributed by atoms with Crippen LogP contribution < -0.4 is 5.73 Å². The minimum absolute atomic E-state index is 0.762. The number of rotatable bonds is 4.